The van der Waals surface area contributed by atoms with Crippen molar-refractivity contribution in [3.63, 3.8) is 0 Å². The fourth-order valence-electron chi connectivity index (χ4n) is 3.59. The third-order valence-corrected chi connectivity index (χ3v) is 5.15. The Morgan fingerprint density at radius 1 is 1.04 bits per heavy atom. The number of phenols is 1. The number of aromatic nitrogens is 1. The SMILES string of the molecule is NC1CCC(Nc2[c]cnc3ccc(-c4cc(F)c(O)c(F)c4)cc23)CC1. The maximum absolute atomic E-state index is 13.7. The number of fused-ring (bicyclic) bond motifs is 1. The van der Waals surface area contributed by atoms with Crippen molar-refractivity contribution in [2.24, 2.45) is 5.73 Å². The van der Waals surface area contributed by atoms with Gasteiger partial charge in [-0.2, -0.15) is 0 Å². The summed E-state index contributed by atoms with van der Waals surface area (Å²) in [5.41, 5.74) is 8.55. The zero-order chi connectivity index (χ0) is 19.0. The zero-order valence-corrected chi connectivity index (χ0v) is 14.7. The van der Waals surface area contributed by atoms with Gasteiger partial charge in [0, 0.05) is 29.7 Å². The molecule has 1 aromatic heterocycles. The van der Waals surface area contributed by atoms with E-state index in [9.17, 15) is 13.9 Å². The van der Waals surface area contributed by atoms with Gasteiger partial charge in [0.25, 0.3) is 0 Å². The maximum atomic E-state index is 13.7. The molecule has 1 heterocycles. The number of hydrogen-bond donors (Lipinski definition) is 3. The summed E-state index contributed by atoms with van der Waals surface area (Å²) in [4.78, 5) is 4.33. The summed E-state index contributed by atoms with van der Waals surface area (Å²) in [6.07, 6.45) is 5.58. The first kappa shape index (κ1) is 17.7. The molecule has 4 rings (SSSR count). The molecule has 4 nitrogen and oxygen atoms in total. The molecule has 27 heavy (non-hydrogen) atoms. The van der Waals surface area contributed by atoms with Crippen LogP contribution in [0.4, 0.5) is 14.5 Å². The Bertz CT molecular complexity index is 961. The number of phenolic OH excluding ortho intramolecular Hbond substituents is 1. The number of nitrogens with two attached hydrogens (primary N) is 1. The molecule has 1 fully saturated rings. The van der Waals surface area contributed by atoms with E-state index in [4.69, 9.17) is 5.73 Å². The van der Waals surface area contributed by atoms with Crippen molar-refractivity contribution in [3.8, 4) is 16.9 Å². The Hall–Kier alpha value is -2.73. The fourth-order valence-corrected chi connectivity index (χ4v) is 3.59. The second kappa shape index (κ2) is 7.12. The molecule has 0 atom stereocenters. The van der Waals surface area contributed by atoms with Crippen LogP contribution < -0.4 is 11.1 Å². The number of nitrogens with zero attached hydrogens (tertiary/aromatic N) is 1. The molecule has 1 saturated carbocycles. The molecule has 0 saturated heterocycles. The van der Waals surface area contributed by atoms with E-state index in [0.717, 1.165) is 54.4 Å². The molecule has 0 aliphatic heterocycles. The fraction of sp³-hybridized carbons (Fsp3) is 0.286. The normalized spacial score (nSPS) is 20.0. The Balaban J connectivity index is 1.71. The van der Waals surface area contributed by atoms with Crippen LogP contribution in [0.2, 0.25) is 0 Å². The molecule has 4 N–H and O–H groups in total. The van der Waals surface area contributed by atoms with Crippen molar-refractivity contribution in [1.82, 2.24) is 4.98 Å². The summed E-state index contributed by atoms with van der Waals surface area (Å²) in [6.45, 7) is 0. The van der Waals surface area contributed by atoms with Crippen LogP contribution in [0.1, 0.15) is 25.7 Å². The van der Waals surface area contributed by atoms with Gasteiger partial charge in [0.2, 0.25) is 0 Å². The van der Waals surface area contributed by atoms with Gasteiger partial charge in [0.05, 0.1) is 11.2 Å². The minimum absolute atomic E-state index is 0.270. The van der Waals surface area contributed by atoms with Gasteiger partial charge in [-0.25, -0.2) is 8.78 Å². The van der Waals surface area contributed by atoms with Gasteiger partial charge in [0.1, 0.15) is 0 Å². The summed E-state index contributed by atoms with van der Waals surface area (Å²) in [5.74, 6) is -2.94. The molecular weight excluding hydrogens is 348 g/mol. The molecule has 0 amide bonds. The lowest BCUT2D eigenvalue weighted by molar-refractivity contribution is 0.396. The summed E-state index contributed by atoms with van der Waals surface area (Å²) in [5, 5.41) is 13.7. The summed E-state index contributed by atoms with van der Waals surface area (Å²) < 4.78 is 27.5. The maximum Gasteiger partial charge on any atom is 0.187 e. The highest BCUT2D eigenvalue weighted by Crippen LogP contribution is 2.32. The van der Waals surface area contributed by atoms with E-state index in [1.807, 2.05) is 12.1 Å². The van der Waals surface area contributed by atoms with E-state index < -0.39 is 17.4 Å². The summed E-state index contributed by atoms with van der Waals surface area (Å²) in [7, 11) is 0. The molecule has 1 aliphatic rings. The predicted molar refractivity (Wildman–Crippen MR) is 101 cm³/mol. The number of aromatic hydroxyl groups is 1. The van der Waals surface area contributed by atoms with E-state index >= 15 is 0 Å². The number of pyridine rings is 1. The van der Waals surface area contributed by atoms with Crippen molar-refractivity contribution < 1.29 is 13.9 Å². The molecule has 1 aliphatic carbocycles. The van der Waals surface area contributed by atoms with Crippen LogP contribution >= 0.6 is 0 Å². The van der Waals surface area contributed by atoms with Crippen molar-refractivity contribution in [1.29, 1.82) is 0 Å². The lowest BCUT2D eigenvalue weighted by atomic mass is 9.91. The Morgan fingerprint density at radius 2 is 1.74 bits per heavy atom. The second-order valence-electron chi connectivity index (χ2n) is 7.05. The van der Waals surface area contributed by atoms with Gasteiger partial charge in [-0.3, -0.25) is 4.98 Å². The first-order valence-electron chi connectivity index (χ1n) is 9.02. The highest BCUT2D eigenvalue weighted by Gasteiger charge is 2.19. The number of halogens is 2. The van der Waals surface area contributed by atoms with Gasteiger partial charge in [-0.05, 0) is 61.1 Å². The topological polar surface area (TPSA) is 71.2 Å². The first-order chi connectivity index (χ1) is 13.0. The van der Waals surface area contributed by atoms with Crippen molar-refractivity contribution >= 4 is 16.6 Å². The standard InChI is InChI=1S/C21H20F2N3O/c22-17-10-13(11-18(23)21(17)27)12-1-6-19-16(9-12)20(7-8-25-19)26-15-4-2-14(24)3-5-15/h1,6,8-11,14-15,27H,2-5,24H2,(H,25,26). The predicted octanol–water partition coefficient (Wildman–Crippen LogP) is 4.37. The molecule has 1 radical (unpaired) electrons. The summed E-state index contributed by atoms with van der Waals surface area (Å²) in [6, 6.07) is 11.4. The lowest BCUT2D eigenvalue weighted by Crippen LogP contribution is -2.32. The van der Waals surface area contributed by atoms with E-state index in [2.05, 4.69) is 16.4 Å². The van der Waals surface area contributed by atoms with Crippen molar-refractivity contribution in [3.05, 3.63) is 54.2 Å². The number of rotatable bonds is 3. The molecule has 0 unspecified atom stereocenters. The minimum atomic E-state index is -0.986. The van der Waals surface area contributed by atoms with E-state index in [1.54, 1.807) is 12.3 Å². The third kappa shape index (κ3) is 3.57. The molecule has 3 aromatic rings. The average Bonchev–Trinajstić information content (AvgIpc) is 2.67. The highest BCUT2D eigenvalue weighted by molar-refractivity contribution is 5.94. The van der Waals surface area contributed by atoms with E-state index in [1.165, 1.54) is 0 Å². The van der Waals surface area contributed by atoms with E-state index in [0.29, 0.717) is 17.2 Å². The van der Waals surface area contributed by atoms with Crippen LogP contribution in [0.15, 0.2) is 36.5 Å². The molecular formula is C21H20F2N3O. The number of benzene rings is 2. The molecule has 6 heteroatoms. The molecule has 2 aromatic carbocycles. The van der Waals surface area contributed by atoms with Crippen LogP contribution in [0, 0.1) is 17.7 Å². The van der Waals surface area contributed by atoms with Crippen LogP contribution in [0.5, 0.6) is 5.75 Å². The Kier molecular flexibility index (Phi) is 4.66. The number of nitrogens with one attached hydrogen (secondary N) is 1. The third-order valence-electron chi connectivity index (χ3n) is 5.15. The largest absolute Gasteiger partial charge is 0.503 e. The second-order valence-corrected chi connectivity index (χ2v) is 7.05. The first-order valence-corrected chi connectivity index (χ1v) is 9.02. The molecule has 0 bridgehead atoms. The van der Waals surface area contributed by atoms with Gasteiger partial charge in [-0.1, -0.05) is 6.07 Å². The summed E-state index contributed by atoms with van der Waals surface area (Å²) >= 11 is 0. The van der Waals surface area contributed by atoms with Crippen LogP contribution in [0.3, 0.4) is 0 Å². The van der Waals surface area contributed by atoms with Crippen LogP contribution in [0.25, 0.3) is 22.0 Å². The van der Waals surface area contributed by atoms with Gasteiger partial charge >= 0.3 is 0 Å². The highest BCUT2D eigenvalue weighted by atomic mass is 19.1. The molecule has 0 spiro atoms. The van der Waals surface area contributed by atoms with Gasteiger partial charge in [0.15, 0.2) is 17.4 Å². The monoisotopic (exact) mass is 368 g/mol. The number of hydrogen-bond acceptors (Lipinski definition) is 4. The quantitative estimate of drug-likeness (QED) is 0.642. The smallest absolute Gasteiger partial charge is 0.187 e. The molecule has 139 valence electrons. The Labute approximate surface area is 156 Å². The zero-order valence-electron chi connectivity index (χ0n) is 14.7. The van der Waals surface area contributed by atoms with Crippen molar-refractivity contribution in [2.45, 2.75) is 37.8 Å². The van der Waals surface area contributed by atoms with Crippen molar-refractivity contribution in [2.75, 3.05) is 5.32 Å². The lowest BCUT2D eigenvalue weighted by Gasteiger charge is -2.28. The van der Waals surface area contributed by atoms with E-state index in [-0.39, 0.29) is 6.04 Å². The van der Waals surface area contributed by atoms with Crippen LogP contribution in [-0.4, -0.2) is 22.2 Å². The van der Waals surface area contributed by atoms with Gasteiger partial charge < -0.3 is 16.2 Å². The average molecular weight is 368 g/mol. The minimum Gasteiger partial charge on any atom is -0.503 e. The van der Waals surface area contributed by atoms with Crippen LogP contribution in [-0.2, 0) is 0 Å². The number of anilines is 1. The Morgan fingerprint density at radius 3 is 2.44 bits per heavy atom. The van der Waals surface area contributed by atoms with Gasteiger partial charge in [-0.15, -0.1) is 0 Å².